The Morgan fingerprint density at radius 3 is 1.13 bits per heavy atom. The fourth-order valence-electron chi connectivity index (χ4n) is 5.34. The second-order valence-corrected chi connectivity index (χ2v) is 18.8. The number of hydrogen-bond donors (Lipinski definition) is 1. The van der Waals surface area contributed by atoms with Crippen LogP contribution in [0, 0.1) is 0 Å². The van der Waals surface area contributed by atoms with Gasteiger partial charge < -0.3 is 28.8 Å². The molecule has 0 saturated carbocycles. The molecule has 1 aromatic carbocycles. The van der Waals surface area contributed by atoms with Crippen LogP contribution in [-0.4, -0.2) is 136 Å². The Kier molecular flexibility index (Phi) is 18.3. The van der Waals surface area contributed by atoms with Gasteiger partial charge >= 0.3 is 29.8 Å². The van der Waals surface area contributed by atoms with Crippen LogP contribution in [0.25, 0.3) is 0 Å². The summed E-state index contributed by atoms with van der Waals surface area (Å²) < 4.78 is 28.1. The van der Waals surface area contributed by atoms with E-state index in [-0.39, 0.29) is 58.1 Å². The monoisotopic (exact) mass is 779 g/mol. The summed E-state index contributed by atoms with van der Waals surface area (Å²) in [5, 5.41) is 10.0. The van der Waals surface area contributed by atoms with E-state index >= 15 is 0 Å². The second kappa shape index (κ2) is 20.4. The summed E-state index contributed by atoms with van der Waals surface area (Å²) in [6.07, 6.45) is 0.306. The van der Waals surface area contributed by atoms with Crippen molar-refractivity contribution in [1.82, 2.24) is 14.7 Å². The molecule has 14 heteroatoms. The van der Waals surface area contributed by atoms with E-state index in [2.05, 4.69) is 0 Å². The lowest BCUT2D eigenvalue weighted by atomic mass is 10.0. The van der Waals surface area contributed by atoms with Crippen molar-refractivity contribution in [3.63, 3.8) is 0 Å². The number of benzene rings is 1. The molecule has 1 atom stereocenters. The number of esters is 5. The van der Waals surface area contributed by atoms with Crippen molar-refractivity contribution in [3.05, 3.63) is 29.8 Å². The van der Waals surface area contributed by atoms with Crippen molar-refractivity contribution in [2.75, 3.05) is 52.4 Å². The first-order chi connectivity index (χ1) is 24.8. The predicted octanol–water partition coefficient (Wildman–Crippen LogP) is 4.92. The third kappa shape index (κ3) is 25.1. The summed E-state index contributed by atoms with van der Waals surface area (Å²) >= 11 is 0. The standard InChI is InChI=1S/C41H69N3O11/c1-37(2,3)51-32(46)24-42(25-33(47)52-38(4,5)6)20-21-44(28-36(50)55-41(13,14)15)30(22-29-16-18-31(45)19-17-29)23-43(26-34(48)53-39(7,8)9)27-35(49)54-40(10,11)12/h16-19,30,45H,20-28H2,1-15H3. The molecule has 0 spiro atoms. The molecule has 314 valence electrons. The molecule has 1 unspecified atom stereocenters. The summed E-state index contributed by atoms with van der Waals surface area (Å²) in [5.41, 5.74) is -3.10. The average Bonchev–Trinajstić information content (AvgIpc) is 2.90. The van der Waals surface area contributed by atoms with Crippen LogP contribution in [0.15, 0.2) is 24.3 Å². The van der Waals surface area contributed by atoms with Gasteiger partial charge in [0, 0.05) is 25.7 Å². The quantitative estimate of drug-likeness (QED) is 0.158. The van der Waals surface area contributed by atoms with Crippen LogP contribution in [0.3, 0.4) is 0 Å². The van der Waals surface area contributed by atoms with Crippen LogP contribution in [0.2, 0.25) is 0 Å². The highest BCUT2D eigenvalue weighted by Crippen LogP contribution is 2.19. The zero-order chi connectivity index (χ0) is 42.6. The van der Waals surface area contributed by atoms with Crippen molar-refractivity contribution in [1.29, 1.82) is 0 Å². The molecule has 0 amide bonds. The van der Waals surface area contributed by atoms with Crippen molar-refractivity contribution in [2.24, 2.45) is 0 Å². The van der Waals surface area contributed by atoms with Gasteiger partial charge in [-0.25, -0.2) is 0 Å². The minimum Gasteiger partial charge on any atom is -0.508 e. The Balaban J connectivity index is 3.74. The Labute approximate surface area is 329 Å². The average molecular weight is 780 g/mol. The number of phenolic OH excluding ortho intramolecular Hbond substituents is 1. The number of carbonyl (C=O) groups excluding carboxylic acids is 5. The van der Waals surface area contributed by atoms with Crippen molar-refractivity contribution in [2.45, 2.75) is 144 Å². The summed E-state index contributed by atoms with van der Waals surface area (Å²) in [6, 6.07) is 6.03. The molecule has 0 heterocycles. The SMILES string of the molecule is CC(C)(C)OC(=O)CN(CCN(CC(=O)OC(C)(C)C)C(Cc1ccc(O)cc1)CN(CC(=O)OC(C)(C)C)CC(=O)OC(C)(C)C)CC(=O)OC(C)(C)C. The van der Waals surface area contributed by atoms with Gasteiger partial charge in [-0.15, -0.1) is 0 Å². The molecule has 0 aliphatic carbocycles. The Morgan fingerprint density at radius 2 is 0.800 bits per heavy atom. The number of phenols is 1. The Bertz CT molecular complexity index is 1350. The van der Waals surface area contributed by atoms with Gasteiger partial charge in [0.2, 0.25) is 0 Å². The van der Waals surface area contributed by atoms with Gasteiger partial charge in [-0.3, -0.25) is 38.7 Å². The minimum atomic E-state index is -0.797. The molecule has 0 fully saturated rings. The lowest BCUT2D eigenvalue weighted by molar-refractivity contribution is -0.162. The number of ether oxygens (including phenoxy) is 5. The van der Waals surface area contributed by atoms with Gasteiger partial charge in [0.15, 0.2) is 0 Å². The molecule has 0 radical (unpaired) electrons. The van der Waals surface area contributed by atoms with E-state index in [1.54, 1.807) is 138 Å². The largest absolute Gasteiger partial charge is 0.508 e. The van der Waals surface area contributed by atoms with Gasteiger partial charge in [0.25, 0.3) is 0 Å². The highest BCUT2D eigenvalue weighted by molar-refractivity contribution is 5.76. The van der Waals surface area contributed by atoms with Crippen LogP contribution in [0.5, 0.6) is 5.75 Å². The molecular weight excluding hydrogens is 710 g/mol. The summed E-state index contributed by atoms with van der Waals surface area (Å²) in [5.74, 6) is -2.66. The first-order valence-corrected chi connectivity index (χ1v) is 18.8. The molecule has 0 aliphatic heterocycles. The van der Waals surface area contributed by atoms with Crippen LogP contribution in [0.1, 0.15) is 109 Å². The van der Waals surface area contributed by atoms with Crippen molar-refractivity contribution in [3.8, 4) is 5.75 Å². The summed E-state index contributed by atoms with van der Waals surface area (Å²) in [7, 11) is 0. The Hall–Kier alpha value is -3.75. The third-order valence-electron chi connectivity index (χ3n) is 6.94. The molecule has 0 saturated heterocycles. The van der Waals surface area contributed by atoms with Crippen molar-refractivity contribution < 1.29 is 52.8 Å². The fourth-order valence-corrected chi connectivity index (χ4v) is 5.34. The van der Waals surface area contributed by atoms with Crippen LogP contribution in [-0.2, 0) is 54.1 Å². The highest BCUT2D eigenvalue weighted by atomic mass is 16.6. The molecule has 14 nitrogen and oxygen atoms in total. The number of carbonyl (C=O) groups is 5. The molecule has 1 aromatic rings. The van der Waals surface area contributed by atoms with E-state index in [0.717, 1.165) is 5.56 Å². The lowest BCUT2D eigenvalue weighted by Crippen LogP contribution is -2.53. The molecule has 1 N–H and O–H groups in total. The van der Waals surface area contributed by atoms with E-state index in [1.807, 2.05) is 4.90 Å². The van der Waals surface area contributed by atoms with Crippen LogP contribution >= 0.6 is 0 Å². The number of nitrogens with zero attached hydrogens (tertiary/aromatic N) is 3. The smallest absolute Gasteiger partial charge is 0.320 e. The van der Waals surface area contributed by atoms with Gasteiger partial charge in [0.05, 0.1) is 32.7 Å². The predicted molar refractivity (Wildman–Crippen MR) is 209 cm³/mol. The fraction of sp³-hybridized carbons (Fsp3) is 0.732. The minimum absolute atomic E-state index is 0.0716. The van der Waals surface area contributed by atoms with Gasteiger partial charge in [-0.1, -0.05) is 12.1 Å². The number of rotatable bonds is 18. The van der Waals surface area contributed by atoms with E-state index in [9.17, 15) is 29.1 Å². The van der Waals surface area contributed by atoms with Gasteiger partial charge in [0.1, 0.15) is 33.8 Å². The Morgan fingerprint density at radius 1 is 0.491 bits per heavy atom. The highest BCUT2D eigenvalue weighted by Gasteiger charge is 2.31. The second-order valence-electron chi connectivity index (χ2n) is 18.8. The summed E-state index contributed by atoms with van der Waals surface area (Å²) in [4.78, 5) is 71.1. The first kappa shape index (κ1) is 49.3. The molecular formula is C41H69N3O11. The number of hydrogen-bond acceptors (Lipinski definition) is 14. The molecule has 55 heavy (non-hydrogen) atoms. The first-order valence-electron chi connectivity index (χ1n) is 18.8. The van der Waals surface area contributed by atoms with Crippen molar-refractivity contribution >= 4 is 29.8 Å². The van der Waals surface area contributed by atoms with E-state index < -0.39 is 63.9 Å². The molecule has 0 bridgehead atoms. The lowest BCUT2D eigenvalue weighted by Gasteiger charge is -2.37. The topological polar surface area (TPSA) is 161 Å². The number of aromatic hydroxyl groups is 1. The summed E-state index contributed by atoms with van der Waals surface area (Å²) in [6.45, 7) is 25.4. The van der Waals surface area contributed by atoms with E-state index in [1.165, 1.54) is 0 Å². The van der Waals surface area contributed by atoms with E-state index in [0.29, 0.717) is 6.42 Å². The maximum Gasteiger partial charge on any atom is 0.320 e. The molecule has 1 rings (SSSR count). The van der Waals surface area contributed by atoms with Crippen LogP contribution < -0.4 is 0 Å². The third-order valence-corrected chi connectivity index (χ3v) is 6.94. The normalized spacial score (nSPS) is 13.4. The van der Waals surface area contributed by atoms with Gasteiger partial charge in [-0.2, -0.15) is 0 Å². The van der Waals surface area contributed by atoms with Crippen LogP contribution in [0.4, 0.5) is 0 Å². The maximum atomic E-state index is 13.5. The zero-order valence-corrected chi connectivity index (χ0v) is 36.1. The van der Waals surface area contributed by atoms with Gasteiger partial charge in [-0.05, 0) is 128 Å². The zero-order valence-electron chi connectivity index (χ0n) is 36.1. The van der Waals surface area contributed by atoms with E-state index in [4.69, 9.17) is 23.7 Å². The maximum absolute atomic E-state index is 13.5. The molecule has 0 aliphatic rings. The molecule has 0 aromatic heterocycles.